The number of hydrogen-bond acceptors (Lipinski definition) is 2. The van der Waals surface area contributed by atoms with Gasteiger partial charge in [-0.25, -0.2) is 8.78 Å². The van der Waals surface area contributed by atoms with Crippen molar-refractivity contribution in [2.75, 3.05) is 6.61 Å². The van der Waals surface area contributed by atoms with Crippen molar-refractivity contribution in [2.24, 2.45) is 5.73 Å². The van der Waals surface area contributed by atoms with E-state index in [4.69, 9.17) is 10.5 Å². The topological polar surface area (TPSA) is 35.2 Å². The summed E-state index contributed by atoms with van der Waals surface area (Å²) in [6, 6.07) is 10.1. The third-order valence-corrected chi connectivity index (χ3v) is 3.39. The molecule has 112 valence electrons. The Morgan fingerprint density at radius 3 is 2.57 bits per heavy atom. The molecule has 2 rings (SSSR count). The third kappa shape index (κ3) is 3.79. The molecule has 0 saturated heterocycles. The van der Waals surface area contributed by atoms with Crippen LogP contribution < -0.4 is 10.5 Å². The lowest BCUT2D eigenvalue weighted by Crippen LogP contribution is -2.16. The number of ether oxygens (including phenoxy) is 1. The highest BCUT2D eigenvalue weighted by atomic mass is 19.2. The largest absolute Gasteiger partial charge is 0.494 e. The summed E-state index contributed by atoms with van der Waals surface area (Å²) in [5, 5.41) is 0. The van der Waals surface area contributed by atoms with Crippen LogP contribution in [0, 0.1) is 25.5 Å². The summed E-state index contributed by atoms with van der Waals surface area (Å²) >= 11 is 0. The molecule has 0 saturated carbocycles. The number of rotatable bonds is 5. The smallest absolute Gasteiger partial charge is 0.163 e. The average molecular weight is 291 g/mol. The SMILES string of the molecule is Cc1cccc(OCCC(N)c2ccc(C)c(F)c2F)c1. The van der Waals surface area contributed by atoms with Crippen molar-refractivity contribution in [1.82, 2.24) is 0 Å². The Labute approximate surface area is 123 Å². The van der Waals surface area contributed by atoms with E-state index < -0.39 is 17.7 Å². The maximum atomic E-state index is 13.8. The Hall–Kier alpha value is -1.94. The molecule has 4 heteroatoms. The van der Waals surface area contributed by atoms with E-state index in [1.165, 1.54) is 19.1 Å². The molecule has 0 bridgehead atoms. The molecule has 21 heavy (non-hydrogen) atoms. The van der Waals surface area contributed by atoms with Crippen LogP contribution in [-0.2, 0) is 0 Å². The molecule has 0 radical (unpaired) electrons. The van der Waals surface area contributed by atoms with Crippen LogP contribution in [-0.4, -0.2) is 6.61 Å². The van der Waals surface area contributed by atoms with Gasteiger partial charge in [-0.15, -0.1) is 0 Å². The average Bonchev–Trinajstić information content (AvgIpc) is 2.45. The molecule has 0 heterocycles. The Balaban J connectivity index is 1.96. The maximum Gasteiger partial charge on any atom is 0.163 e. The number of benzene rings is 2. The number of aryl methyl sites for hydroxylation is 2. The zero-order valence-corrected chi connectivity index (χ0v) is 12.2. The molecule has 0 spiro atoms. The van der Waals surface area contributed by atoms with E-state index in [0.29, 0.717) is 13.0 Å². The van der Waals surface area contributed by atoms with Gasteiger partial charge in [0.2, 0.25) is 0 Å². The van der Waals surface area contributed by atoms with Gasteiger partial charge in [-0.1, -0.05) is 24.3 Å². The highest BCUT2D eigenvalue weighted by molar-refractivity contribution is 5.28. The summed E-state index contributed by atoms with van der Waals surface area (Å²) in [6.45, 7) is 3.84. The van der Waals surface area contributed by atoms with Crippen molar-refractivity contribution in [3.63, 3.8) is 0 Å². The van der Waals surface area contributed by atoms with E-state index in [9.17, 15) is 8.78 Å². The van der Waals surface area contributed by atoms with Crippen LogP contribution in [0.2, 0.25) is 0 Å². The van der Waals surface area contributed by atoms with Crippen molar-refractivity contribution in [1.29, 1.82) is 0 Å². The molecule has 0 fully saturated rings. The molecule has 1 unspecified atom stereocenters. The number of nitrogens with two attached hydrogens (primary N) is 1. The zero-order chi connectivity index (χ0) is 15.4. The van der Waals surface area contributed by atoms with E-state index >= 15 is 0 Å². The van der Waals surface area contributed by atoms with Gasteiger partial charge in [0.05, 0.1) is 6.61 Å². The molecule has 0 aromatic heterocycles. The van der Waals surface area contributed by atoms with Crippen LogP contribution in [0.3, 0.4) is 0 Å². The molecule has 0 amide bonds. The monoisotopic (exact) mass is 291 g/mol. The van der Waals surface area contributed by atoms with E-state index in [0.717, 1.165) is 11.3 Å². The quantitative estimate of drug-likeness (QED) is 0.902. The first-order valence-electron chi connectivity index (χ1n) is 6.88. The maximum absolute atomic E-state index is 13.8. The van der Waals surface area contributed by atoms with Crippen LogP contribution in [0.5, 0.6) is 5.75 Å². The van der Waals surface area contributed by atoms with Gasteiger partial charge < -0.3 is 10.5 Å². The van der Waals surface area contributed by atoms with Gasteiger partial charge in [-0.05, 0) is 37.1 Å². The standard InChI is InChI=1S/C17H19F2NO/c1-11-4-3-5-13(10-11)21-9-8-15(20)14-7-6-12(2)16(18)17(14)19/h3-7,10,15H,8-9,20H2,1-2H3. The van der Waals surface area contributed by atoms with Crippen molar-refractivity contribution in [3.05, 3.63) is 64.7 Å². The highest BCUT2D eigenvalue weighted by Crippen LogP contribution is 2.23. The van der Waals surface area contributed by atoms with Crippen molar-refractivity contribution < 1.29 is 13.5 Å². The first kappa shape index (κ1) is 15.4. The van der Waals surface area contributed by atoms with E-state index in [2.05, 4.69) is 0 Å². The second-order valence-corrected chi connectivity index (χ2v) is 5.16. The normalized spacial score (nSPS) is 12.2. The molecule has 0 aliphatic heterocycles. The zero-order valence-electron chi connectivity index (χ0n) is 12.2. The van der Waals surface area contributed by atoms with Gasteiger partial charge in [0.15, 0.2) is 11.6 Å². The molecular weight excluding hydrogens is 272 g/mol. The summed E-state index contributed by atoms with van der Waals surface area (Å²) in [5.74, 6) is -0.946. The Kier molecular flexibility index (Phi) is 4.91. The summed E-state index contributed by atoms with van der Waals surface area (Å²) in [4.78, 5) is 0. The fourth-order valence-electron chi connectivity index (χ4n) is 2.11. The first-order valence-corrected chi connectivity index (χ1v) is 6.88. The highest BCUT2D eigenvalue weighted by Gasteiger charge is 2.16. The van der Waals surface area contributed by atoms with Crippen molar-refractivity contribution >= 4 is 0 Å². The van der Waals surface area contributed by atoms with Gasteiger partial charge in [-0.3, -0.25) is 0 Å². The molecule has 2 N–H and O–H groups in total. The second kappa shape index (κ2) is 6.68. The minimum atomic E-state index is -0.863. The lowest BCUT2D eigenvalue weighted by Gasteiger charge is -2.15. The third-order valence-electron chi connectivity index (χ3n) is 3.39. The summed E-state index contributed by atoms with van der Waals surface area (Å²) < 4.78 is 32.9. The van der Waals surface area contributed by atoms with Crippen molar-refractivity contribution in [3.8, 4) is 5.75 Å². The number of hydrogen-bond donors (Lipinski definition) is 1. The minimum Gasteiger partial charge on any atom is -0.494 e. The first-order chi connectivity index (χ1) is 9.99. The molecule has 0 aliphatic rings. The van der Waals surface area contributed by atoms with Crippen LogP contribution in [0.1, 0.15) is 29.2 Å². The summed E-state index contributed by atoms with van der Waals surface area (Å²) in [7, 11) is 0. The fraction of sp³-hybridized carbons (Fsp3) is 0.294. The summed E-state index contributed by atoms with van der Waals surface area (Å²) in [5.41, 5.74) is 7.49. The lowest BCUT2D eigenvalue weighted by molar-refractivity contribution is 0.296. The predicted molar refractivity (Wildman–Crippen MR) is 79.3 cm³/mol. The molecule has 1 atom stereocenters. The second-order valence-electron chi connectivity index (χ2n) is 5.16. The van der Waals surface area contributed by atoms with Crippen molar-refractivity contribution in [2.45, 2.75) is 26.3 Å². The molecule has 2 nitrogen and oxygen atoms in total. The predicted octanol–water partition coefficient (Wildman–Crippen LogP) is 4.05. The Bertz CT molecular complexity index is 628. The van der Waals surface area contributed by atoms with Crippen LogP contribution in [0.15, 0.2) is 36.4 Å². The van der Waals surface area contributed by atoms with Crippen LogP contribution >= 0.6 is 0 Å². The Morgan fingerprint density at radius 2 is 1.86 bits per heavy atom. The minimum absolute atomic E-state index is 0.186. The van der Waals surface area contributed by atoms with Gasteiger partial charge in [-0.2, -0.15) is 0 Å². The van der Waals surface area contributed by atoms with Gasteiger partial charge in [0.25, 0.3) is 0 Å². The molecule has 2 aromatic rings. The van der Waals surface area contributed by atoms with E-state index in [1.807, 2.05) is 31.2 Å². The molecular formula is C17H19F2NO. The Morgan fingerprint density at radius 1 is 1.10 bits per heavy atom. The van der Waals surface area contributed by atoms with Gasteiger partial charge in [0, 0.05) is 18.0 Å². The number of halogens is 2. The fourth-order valence-corrected chi connectivity index (χ4v) is 2.11. The molecule has 0 aliphatic carbocycles. The van der Waals surface area contributed by atoms with Gasteiger partial charge in [0.1, 0.15) is 5.75 Å². The van der Waals surface area contributed by atoms with Crippen LogP contribution in [0.25, 0.3) is 0 Å². The van der Waals surface area contributed by atoms with E-state index in [-0.39, 0.29) is 11.1 Å². The van der Waals surface area contributed by atoms with Gasteiger partial charge >= 0.3 is 0 Å². The molecule has 2 aromatic carbocycles. The summed E-state index contributed by atoms with van der Waals surface area (Å²) in [6.07, 6.45) is 0.410. The van der Waals surface area contributed by atoms with Crippen LogP contribution in [0.4, 0.5) is 8.78 Å². The van der Waals surface area contributed by atoms with E-state index in [1.54, 1.807) is 0 Å². The lowest BCUT2D eigenvalue weighted by atomic mass is 10.0.